The molecule has 1 saturated heterocycles. The Balaban J connectivity index is 2.07. The van der Waals surface area contributed by atoms with Gasteiger partial charge in [-0.3, -0.25) is 10.1 Å². The molecular formula is C17H23N3O7S. The van der Waals surface area contributed by atoms with Crippen LogP contribution < -0.4 is 10.6 Å². The van der Waals surface area contributed by atoms with Gasteiger partial charge in [0.25, 0.3) is 5.91 Å². The van der Waals surface area contributed by atoms with Gasteiger partial charge < -0.3 is 14.8 Å². The van der Waals surface area contributed by atoms with E-state index in [1.54, 1.807) is 6.92 Å². The van der Waals surface area contributed by atoms with Crippen LogP contribution in [-0.4, -0.2) is 69.6 Å². The van der Waals surface area contributed by atoms with Crippen molar-refractivity contribution >= 4 is 27.9 Å². The SMILES string of the molecule is CCNC(=O)NC(=O)C(C)OC(=O)c1cccc(S(=O)(=O)N2CCOCC2)c1. The third kappa shape index (κ3) is 5.50. The summed E-state index contributed by atoms with van der Waals surface area (Å²) in [5.74, 6) is -1.67. The fourth-order valence-corrected chi connectivity index (χ4v) is 3.87. The van der Waals surface area contributed by atoms with Gasteiger partial charge >= 0.3 is 12.0 Å². The lowest BCUT2D eigenvalue weighted by Crippen LogP contribution is -2.44. The number of nitrogens with one attached hydrogen (secondary N) is 2. The molecule has 0 bridgehead atoms. The molecule has 28 heavy (non-hydrogen) atoms. The lowest BCUT2D eigenvalue weighted by molar-refractivity contribution is -0.127. The van der Waals surface area contributed by atoms with Gasteiger partial charge in [0.1, 0.15) is 0 Å². The summed E-state index contributed by atoms with van der Waals surface area (Å²) >= 11 is 0. The number of hydrogen-bond acceptors (Lipinski definition) is 7. The summed E-state index contributed by atoms with van der Waals surface area (Å²) in [4.78, 5) is 35.5. The molecule has 0 aliphatic carbocycles. The van der Waals surface area contributed by atoms with E-state index in [9.17, 15) is 22.8 Å². The molecule has 154 valence electrons. The second-order valence-corrected chi connectivity index (χ2v) is 7.88. The van der Waals surface area contributed by atoms with E-state index in [-0.39, 0.29) is 23.5 Å². The highest BCUT2D eigenvalue weighted by molar-refractivity contribution is 7.89. The molecule has 10 nitrogen and oxygen atoms in total. The first-order valence-electron chi connectivity index (χ1n) is 8.73. The second-order valence-electron chi connectivity index (χ2n) is 5.94. The highest BCUT2D eigenvalue weighted by Gasteiger charge is 2.27. The number of sulfonamides is 1. The summed E-state index contributed by atoms with van der Waals surface area (Å²) in [5, 5.41) is 4.42. The molecule has 3 amide bonds. The van der Waals surface area contributed by atoms with Crippen LogP contribution in [0.1, 0.15) is 24.2 Å². The van der Waals surface area contributed by atoms with E-state index in [1.807, 2.05) is 5.32 Å². The van der Waals surface area contributed by atoms with Gasteiger partial charge in [-0.05, 0) is 32.0 Å². The highest BCUT2D eigenvalue weighted by atomic mass is 32.2. The molecule has 2 N–H and O–H groups in total. The minimum Gasteiger partial charge on any atom is -0.449 e. The number of carbonyl (C=O) groups is 3. The van der Waals surface area contributed by atoms with Gasteiger partial charge in [0.05, 0.1) is 23.7 Å². The largest absolute Gasteiger partial charge is 0.449 e. The van der Waals surface area contributed by atoms with Crippen molar-refractivity contribution in [1.82, 2.24) is 14.9 Å². The van der Waals surface area contributed by atoms with E-state index in [2.05, 4.69) is 5.32 Å². The number of nitrogens with zero attached hydrogens (tertiary/aromatic N) is 1. The summed E-state index contributed by atoms with van der Waals surface area (Å²) in [6.07, 6.45) is -1.24. The number of rotatable bonds is 6. The van der Waals surface area contributed by atoms with E-state index < -0.39 is 34.0 Å². The molecule has 1 heterocycles. The molecule has 0 aromatic heterocycles. The molecule has 11 heteroatoms. The average Bonchev–Trinajstić information content (AvgIpc) is 2.68. The van der Waals surface area contributed by atoms with Crippen LogP contribution in [-0.2, 0) is 24.3 Å². The van der Waals surface area contributed by atoms with Gasteiger partial charge in [0, 0.05) is 19.6 Å². The molecular weight excluding hydrogens is 390 g/mol. The van der Waals surface area contributed by atoms with Gasteiger partial charge in [-0.2, -0.15) is 4.31 Å². The predicted octanol–water partition coefficient (Wildman–Crippen LogP) is 0.0985. The molecule has 0 spiro atoms. The van der Waals surface area contributed by atoms with Gasteiger partial charge in [0.15, 0.2) is 6.10 Å². The van der Waals surface area contributed by atoms with Crippen molar-refractivity contribution in [2.45, 2.75) is 24.8 Å². The number of imide groups is 1. The first kappa shape index (κ1) is 21.8. The Hall–Kier alpha value is -2.50. The third-order valence-corrected chi connectivity index (χ3v) is 5.80. The van der Waals surface area contributed by atoms with Crippen molar-refractivity contribution < 1.29 is 32.3 Å². The van der Waals surface area contributed by atoms with Crippen molar-refractivity contribution in [1.29, 1.82) is 0 Å². The number of benzene rings is 1. The molecule has 1 aliphatic rings. The zero-order valence-corrected chi connectivity index (χ0v) is 16.5. The van der Waals surface area contributed by atoms with E-state index in [0.29, 0.717) is 19.8 Å². The van der Waals surface area contributed by atoms with Crippen molar-refractivity contribution in [3.8, 4) is 0 Å². The van der Waals surface area contributed by atoms with Crippen LogP contribution in [0.15, 0.2) is 29.2 Å². The van der Waals surface area contributed by atoms with Crippen LogP contribution in [0.5, 0.6) is 0 Å². The summed E-state index contributed by atoms with van der Waals surface area (Å²) in [6, 6.07) is 4.68. The first-order chi connectivity index (χ1) is 13.3. The van der Waals surface area contributed by atoms with Crippen molar-refractivity contribution in [3.63, 3.8) is 0 Å². The summed E-state index contributed by atoms with van der Waals surface area (Å²) < 4.78 is 36.8. The van der Waals surface area contributed by atoms with Gasteiger partial charge in [-0.25, -0.2) is 18.0 Å². The van der Waals surface area contributed by atoms with Crippen molar-refractivity contribution in [2.24, 2.45) is 0 Å². The fourth-order valence-electron chi connectivity index (χ4n) is 2.42. The topological polar surface area (TPSA) is 131 Å². The highest BCUT2D eigenvalue weighted by Crippen LogP contribution is 2.19. The quantitative estimate of drug-likeness (QED) is 0.632. The van der Waals surface area contributed by atoms with E-state index in [1.165, 1.54) is 35.5 Å². The molecule has 1 aliphatic heterocycles. The molecule has 1 fully saturated rings. The summed E-state index contributed by atoms with van der Waals surface area (Å²) in [5.41, 5.74) is -0.0213. The number of amides is 3. The van der Waals surface area contributed by atoms with Gasteiger partial charge in [-0.1, -0.05) is 6.07 Å². The maximum Gasteiger partial charge on any atom is 0.338 e. The zero-order valence-electron chi connectivity index (χ0n) is 15.6. The minimum absolute atomic E-state index is 0.0213. The van der Waals surface area contributed by atoms with Gasteiger partial charge in [-0.15, -0.1) is 0 Å². The Kier molecular flexibility index (Phi) is 7.49. The monoisotopic (exact) mass is 413 g/mol. The average molecular weight is 413 g/mol. The molecule has 1 aromatic rings. The molecule has 0 radical (unpaired) electrons. The number of esters is 1. The van der Waals surface area contributed by atoms with Crippen LogP contribution in [0.4, 0.5) is 4.79 Å². The minimum atomic E-state index is -3.77. The summed E-state index contributed by atoms with van der Waals surface area (Å²) in [6.45, 7) is 4.39. The Morgan fingerprint density at radius 3 is 2.57 bits per heavy atom. The molecule has 1 aromatic carbocycles. The van der Waals surface area contributed by atoms with Crippen molar-refractivity contribution in [2.75, 3.05) is 32.8 Å². The lowest BCUT2D eigenvalue weighted by atomic mass is 10.2. The predicted molar refractivity (Wildman–Crippen MR) is 98.1 cm³/mol. The van der Waals surface area contributed by atoms with E-state index in [4.69, 9.17) is 9.47 Å². The van der Waals surface area contributed by atoms with Crippen LogP contribution in [0.25, 0.3) is 0 Å². The lowest BCUT2D eigenvalue weighted by Gasteiger charge is -2.26. The Morgan fingerprint density at radius 2 is 1.93 bits per heavy atom. The van der Waals surface area contributed by atoms with Crippen LogP contribution in [0.2, 0.25) is 0 Å². The van der Waals surface area contributed by atoms with Crippen LogP contribution in [0.3, 0.4) is 0 Å². The fraction of sp³-hybridized carbons (Fsp3) is 0.471. The smallest absolute Gasteiger partial charge is 0.338 e. The zero-order chi connectivity index (χ0) is 20.7. The van der Waals surface area contributed by atoms with Crippen LogP contribution >= 0.6 is 0 Å². The number of carbonyl (C=O) groups excluding carboxylic acids is 3. The number of urea groups is 1. The Bertz CT molecular complexity index is 835. The molecule has 2 rings (SSSR count). The first-order valence-corrected chi connectivity index (χ1v) is 10.2. The maximum atomic E-state index is 12.7. The number of hydrogen-bond donors (Lipinski definition) is 2. The normalized spacial score (nSPS) is 16.1. The third-order valence-electron chi connectivity index (χ3n) is 3.90. The molecule has 1 atom stereocenters. The van der Waals surface area contributed by atoms with E-state index in [0.717, 1.165) is 0 Å². The Morgan fingerprint density at radius 1 is 1.25 bits per heavy atom. The van der Waals surface area contributed by atoms with Crippen molar-refractivity contribution in [3.05, 3.63) is 29.8 Å². The maximum absolute atomic E-state index is 12.7. The molecule has 1 unspecified atom stereocenters. The standard InChI is InChI=1S/C17H23N3O7S/c1-3-18-17(23)19-15(21)12(2)27-16(22)13-5-4-6-14(11-13)28(24,25)20-7-9-26-10-8-20/h4-6,11-12H,3,7-10H2,1-2H3,(H2,18,19,21,23). The summed E-state index contributed by atoms with van der Waals surface area (Å²) in [7, 11) is -3.77. The number of morpholine rings is 1. The molecule has 0 saturated carbocycles. The van der Waals surface area contributed by atoms with Crippen LogP contribution in [0, 0.1) is 0 Å². The van der Waals surface area contributed by atoms with Gasteiger partial charge in [0.2, 0.25) is 10.0 Å². The Labute approximate surface area is 163 Å². The second kappa shape index (κ2) is 9.62. The number of ether oxygens (including phenoxy) is 2. The van der Waals surface area contributed by atoms with E-state index >= 15 is 0 Å².